The van der Waals surface area contributed by atoms with Crippen LogP contribution >= 0.6 is 11.3 Å². The smallest absolute Gasteiger partial charge is 0.345 e. The third-order valence-corrected chi connectivity index (χ3v) is 4.68. The minimum absolute atomic E-state index is 0.413. The molecule has 100 valence electrons. The number of rotatable bonds is 2. The van der Waals surface area contributed by atoms with E-state index in [1.807, 2.05) is 12.1 Å². The Hall–Kier alpha value is -1.59. The summed E-state index contributed by atoms with van der Waals surface area (Å²) >= 11 is 1.35. The molecule has 5 heteroatoms. The summed E-state index contributed by atoms with van der Waals surface area (Å²) in [7, 11) is 2.13. The second-order valence-electron chi connectivity index (χ2n) is 4.90. The third-order valence-electron chi connectivity index (χ3n) is 3.59. The van der Waals surface area contributed by atoms with Crippen molar-refractivity contribution in [2.75, 3.05) is 38.1 Å². The molecule has 0 spiro atoms. The van der Waals surface area contributed by atoms with Crippen molar-refractivity contribution in [2.45, 2.75) is 0 Å². The summed E-state index contributed by atoms with van der Waals surface area (Å²) in [5, 5.41) is 10.2. The van der Waals surface area contributed by atoms with Crippen molar-refractivity contribution in [2.24, 2.45) is 0 Å². The largest absolute Gasteiger partial charge is 0.477 e. The highest BCUT2D eigenvalue weighted by molar-refractivity contribution is 7.20. The topological polar surface area (TPSA) is 43.8 Å². The molecule has 2 aromatic rings. The molecule has 3 rings (SSSR count). The van der Waals surface area contributed by atoms with Crippen LogP contribution in [0.4, 0.5) is 5.69 Å². The zero-order valence-corrected chi connectivity index (χ0v) is 11.6. The lowest BCUT2D eigenvalue weighted by Gasteiger charge is -2.34. The molecule has 0 saturated carbocycles. The van der Waals surface area contributed by atoms with Crippen molar-refractivity contribution < 1.29 is 9.90 Å². The molecular formula is C14H16N2O2S. The summed E-state index contributed by atoms with van der Waals surface area (Å²) in [6, 6.07) is 7.89. The number of benzene rings is 1. The van der Waals surface area contributed by atoms with Gasteiger partial charge in [-0.3, -0.25) is 0 Å². The van der Waals surface area contributed by atoms with E-state index in [4.69, 9.17) is 5.11 Å². The Balaban J connectivity index is 2.01. The van der Waals surface area contributed by atoms with Gasteiger partial charge in [0.05, 0.1) is 0 Å². The Morgan fingerprint density at radius 1 is 1.26 bits per heavy atom. The molecule has 0 radical (unpaired) electrons. The number of likely N-dealkylation sites (N-methyl/N-ethyl adjacent to an activating group) is 1. The lowest BCUT2D eigenvalue weighted by molar-refractivity contribution is 0.0702. The Morgan fingerprint density at radius 3 is 2.68 bits per heavy atom. The van der Waals surface area contributed by atoms with Crippen molar-refractivity contribution in [3.8, 4) is 0 Å². The Kier molecular flexibility index (Phi) is 3.16. The SMILES string of the molecule is CN1CCN(c2cccc3sc(C(=O)O)cc23)CC1. The van der Waals surface area contributed by atoms with Crippen LogP contribution in [0.15, 0.2) is 24.3 Å². The van der Waals surface area contributed by atoms with Crippen molar-refractivity contribution in [1.82, 2.24) is 4.90 Å². The number of thiophene rings is 1. The first kappa shape index (κ1) is 12.4. The van der Waals surface area contributed by atoms with Crippen LogP contribution in [0.3, 0.4) is 0 Å². The molecule has 1 saturated heterocycles. The highest BCUT2D eigenvalue weighted by atomic mass is 32.1. The Labute approximate surface area is 115 Å². The number of aromatic carboxylic acids is 1. The lowest BCUT2D eigenvalue weighted by Crippen LogP contribution is -2.44. The molecule has 1 aromatic heterocycles. The molecule has 4 nitrogen and oxygen atoms in total. The number of anilines is 1. The number of carbonyl (C=O) groups is 1. The summed E-state index contributed by atoms with van der Waals surface area (Å²) < 4.78 is 1.05. The molecule has 19 heavy (non-hydrogen) atoms. The van der Waals surface area contributed by atoms with Gasteiger partial charge in [0, 0.05) is 42.0 Å². The zero-order valence-electron chi connectivity index (χ0n) is 10.8. The molecular weight excluding hydrogens is 260 g/mol. The van der Waals surface area contributed by atoms with E-state index in [2.05, 4.69) is 22.9 Å². The van der Waals surface area contributed by atoms with Gasteiger partial charge in [-0.05, 0) is 25.2 Å². The van der Waals surface area contributed by atoms with Gasteiger partial charge in [-0.1, -0.05) is 6.07 Å². The molecule has 1 aliphatic rings. The van der Waals surface area contributed by atoms with E-state index in [0.717, 1.165) is 42.0 Å². The van der Waals surface area contributed by atoms with E-state index in [0.29, 0.717) is 4.88 Å². The Morgan fingerprint density at radius 2 is 2.00 bits per heavy atom. The molecule has 2 heterocycles. The van der Waals surface area contributed by atoms with Gasteiger partial charge in [-0.25, -0.2) is 4.79 Å². The van der Waals surface area contributed by atoms with Crippen LogP contribution in [-0.2, 0) is 0 Å². The van der Waals surface area contributed by atoms with Crippen LogP contribution in [0.25, 0.3) is 10.1 Å². The van der Waals surface area contributed by atoms with Crippen LogP contribution in [0.1, 0.15) is 9.67 Å². The summed E-state index contributed by atoms with van der Waals surface area (Å²) in [5.41, 5.74) is 1.16. The lowest BCUT2D eigenvalue weighted by atomic mass is 10.1. The zero-order chi connectivity index (χ0) is 13.4. The molecule has 1 fully saturated rings. The second-order valence-corrected chi connectivity index (χ2v) is 5.98. The number of hydrogen-bond donors (Lipinski definition) is 1. The predicted octanol–water partition coefficient (Wildman–Crippen LogP) is 2.35. The normalized spacial score (nSPS) is 17.0. The van der Waals surface area contributed by atoms with E-state index < -0.39 is 5.97 Å². The maximum atomic E-state index is 11.1. The van der Waals surface area contributed by atoms with Gasteiger partial charge in [0.25, 0.3) is 0 Å². The summed E-state index contributed by atoms with van der Waals surface area (Å²) in [5.74, 6) is -0.842. The van der Waals surface area contributed by atoms with Gasteiger partial charge < -0.3 is 14.9 Å². The minimum atomic E-state index is -0.842. The summed E-state index contributed by atoms with van der Waals surface area (Å²) in [4.78, 5) is 16.2. The van der Waals surface area contributed by atoms with E-state index in [9.17, 15) is 4.79 Å². The first-order chi connectivity index (χ1) is 9.15. The van der Waals surface area contributed by atoms with Crippen molar-refractivity contribution in [1.29, 1.82) is 0 Å². The van der Waals surface area contributed by atoms with Crippen molar-refractivity contribution in [3.63, 3.8) is 0 Å². The number of carboxylic acid groups (broad SMARTS) is 1. The van der Waals surface area contributed by atoms with E-state index in [1.54, 1.807) is 6.07 Å². The van der Waals surface area contributed by atoms with Crippen LogP contribution < -0.4 is 4.90 Å². The average Bonchev–Trinajstić information content (AvgIpc) is 2.83. The fraction of sp³-hybridized carbons (Fsp3) is 0.357. The van der Waals surface area contributed by atoms with Gasteiger partial charge in [-0.2, -0.15) is 0 Å². The van der Waals surface area contributed by atoms with Crippen LogP contribution in [0.5, 0.6) is 0 Å². The van der Waals surface area contributed by atoms with Crippen molar-refractivity contribution in [3.05, 3.63) is 29.1 Å². The van der Waals surface area contributed by atoms with Gasteiger partial charge in [0.1, 0.15) is 4.88 Å². The van der Waals surface area contributed by atoms with Gasteiger partial charge in [-0.15, -0.1) is 11.3 Å². The van der Waals surface area contributed by atoms with E-state index in [1.165, 1.54) is 11.3 Å². The summed E-state index contributed by atoms with van der Waals surface area (Å²) in [6.07, 6.45) is 0. The van der Waals surface area contributed by atoms with Crippen LogP contribution in [0, 0.1) is 0 Å². The standard InChI is InChI=1S/C14H16N2O2S/c1-15-5-7-16(8-6-15)11-3-2-4-12-10(11)9-13(19-12)14(17)18/h2-4,9H,5-8H2,1H3,(H,17,18). The predicted molar refractivity (Wildman–Crippen MR) is 78.5 cm³/mol. The third kappa shape index (κ3) is 2.31. The van der Waals surface area contributed by atoms with Crippen molar-refractivity contribution >= 4 is 33.1 Å². The Bertz CT molecular complexity index is 615. The van der Waals surface area contributed by atoms with Gasteiger partial charge >= 0.3 is 5.97 Å². The first-order valence-electron chi connectivity index (χ1n) is 6.34. The van der Waals surface area contributed by atoms with Gasteiger partial charge in [0.2, 0.25) is 0 Å². The fourth-order valence-electron chi connectivity index (χ4n) is 2.47. The highest BCUT2D eigenvalue weighted by Gasteiger charge is 2.18. The maximum Gasteiger partial charge on any atom is 0.345 e. The average molecular weight is 276 g/mol. The maximum absolute atomic E-state index is 11.1. The molecule has 1 aliphatic heterocycles. The van der Waals surface area contributed by atoms with E-state index in [-0.39, 0.29) is 0 Å². The monoisotopic (exact) mass is 276 g/mol. The number of piperazine rings is 1. The number of fused-ring (bicyclic) bond motifs is 1. The molecule has 1 N–H and O–H groups in total. The van der Waals surface area contributed by atoms with E-state index >= 15 is 0 Å². The molecule has 0 aliphatic carbocycles. The molecule has 0 amide bonds. The number of nitrogens with zero attached hydrogens (tertiary/aromatic N) is 2. The van der Waals surface area contributed by atoms with Gasteiger partial charge in [0.15, 0.2) is 0 Å². The fourth-order valence-corrected chi connectivity index (χ4v) is 3.40. The van der Waals surface area contributed by atoms with Crippen LogP contribution in [0.2, 0.25) is 0 Å². The number of hydrogen-bond acceptors (Lipinski definition) is 4. The first-order valence-corrected chi connectivity index (χ1v) is 7.16. The molecule has 0 bridgehead atoms. The summed E-state index contributed by atoms with van der Waals surface area (Å²) in [6.45, 7) is 4.08. The number of carboxylic acids is 1. The van der Waals surface area contributed by atoms with Crippen LogP contribution in [-0.4, -0.2) is 49.2 Å². The quantitative estimate of drug-likeness (QED) is 0.914. The highest BCUT2D eigenvalue weighted by Crippen LogP contribution is 2.33. The minimum Gasteiger partial charge on any atom is -0.477 e. The molecule has 1 aromatic carbocycles. The molecule has 0 atom stereocenters. The second kappa shape index (κ2) is 4.83. The molecule has 0 unspecified atom stereocenters.